The lowest BCUT2D eigenvalue weighted by Gasteiger charge is -2.42. The van der Waals surface area contributed by atoms with E-state index in [0.29, 0.717) is 0 Å². The van der Waals surface area contributed by atoms with Crippen molar-refractivity contribution in [3.8, 4) is 6.07 Å². The first-order valence-corrected chi connectivity index (χ1v) is 7.48. The van der Waals surface area contributed by atoms with Crippen molar-refractivity contribution in [2.24, 2.45) is 5.73 Å². The molecule has 1 saturated heterocycles. The van der Waals surface area contributed by atoms with E-state index in [1.807, 2.05) is 6.92 Å². The van der Waals surface area contributed by atoms with E-state index in [2.05, 4.69) is 36.6 Å². The topological polar surface area (TPSA) is 56.3 Å². The van der Waals surface area contributed by atoms with Gasteiger partial charge in [0.15, 0.2) is 0 Å². The molecule has 19 heavy (non-hydrogen) atoms. The third-order valence-electron chi connectivity index (χ3n) is 4.27. The summed E-state index contributed by atoms with van der Waals surface area (Å²) in [5.74, 6) is 0. The Labute approximate surface area is 118 Å². The molecule has 2 N–H and O–H groups in total. The van der Waals surface area contributed by atoms with Crippen LogP contribution in [-0.4, -0.2) is 53.6 Å². The fraction of sp³-hybridized carbons (Fsp3) is 0.933. The van der Waals surface area contributed by atoms with Gasteiger partial charge in [-0.2, -0.15) is 5.26 Å². The molecule has 4 heteroatoms. The number of nitrogens with zero attached hydrogens (tertiary/aromatic N) is 3. The fourth-order valence-corrected chi connectivity index (χ4v) is 2.57. The molecule has 0 aromatic heterocycles. The molecule has 0 amide bonds. The summed E-state index contributed by atoms with van der Waals surface area (Å²) in [4.78, 5) is 5.04. The van der Waals surface area contributed by atoms with Crippen molar-refractivity contribution in [1.29, 1.82) is 5.26 Å². The van der Waals surface area contributed by atoms with Crippen molar-refractivity contribution in [3.05, 3.63) is 0 Å². The van der Waals surface area contributed by atoms with Crippen LogP contribution in [0, 0.1) is 11.3 Å². The first kappa shape index (κ1) is 16.4. The first-order valence-electron chi connectivity index (χ1n) is 7.48. The molecule has 4 nitrogen and oxygen atoms in total. The summed E-state index contributed by atoms with van der Waals surface area (Å²) >= 11 is 0. The Bertz CT molecular complexity index is 307. The molecule has 0 aromatic rings. The van der Waals surface area contributed by atoms with Gasteiger partial charge in [0.05, 0.1) is 6.07 Å². The van der Waals surface area contributed by atoms with E-state index in [1.54, 1.807) is 0 Å². The largest absolute Gasteiger partial charge is 0.313 e. The Morgan fingerprint density at radius 3 is 2.16 bits per heavy atom. The number of hydrogen-bond donors (Lipinski definition) is 1. The summed E-state index contributed by atoms with van der Waals surface area (Å²) in [7, 11) is 0. The number of nitriles is 1. The molecule has 0 aromatic carbocycles. The van der Waals surface area contributed by atoms with Crippen LogP contribution in [0.3, 0.4) is 0 Å². The minimum Gasteiger partial charge on any atom is -0.313 e. The average molecular weight is 266 g/mol. The molecule has 0 aliphatic carbocycles. The van der Waals surface area contributed by atoms with Crippen LogP contribution in [0.25, 0.3) is 0 Å². The minimum absolute atomic E-state index is 0.279. The van der Waals surface area contributed by atoms with E-state index in [4.69, 9.17) is 11.0 Å². The summed E-state index contributed by atoms with van der Waals surface area (Å²) in [5, 5.41) is 9.05. The summed E-state index contributed by atoms with van der Waals surface area (Å²) in [5.41, 5.74) is 5.66. The maximum absolute atomic E-state index is 9.05. The van der Waals surface area contributed by atoms with Gasteiger partial charge in [0.1, 0.15) is 5.54 Å². The zero-order valence-electron chi connectivity index (χ0n) is 13.1. The molecule has 1 unspecified atom stereocenters. The quantitative estimate of drug-likeness (QED) is 0.824. The Balaban J connectivity index is 2.26. The summed E-state index contributed by atoms with van der Waals surface area (Å²) in [6.45, 7) is 14.4. The lowest BCUT2D eigenvalue weighted by molar-refractivity contribution is 0.0612. The number of nitrogens with two attached hydrogens (primary N) is 1. The van der Waals surface area contributed by atoms with Gasteiger partial charge in [0.2, 0.25) is 0 Å². The van der Waals surface area contributed by atoms with Crippen LogP contribution in [0.4, 0.5) is 0 Å². The van der Waals surface area contributed by atoms with Gasteiger partial charge >= 0.3 is 0 Å². The highest BCUT2D eigenvalue weighted by atomic mass is 15.3. The van der Waals surface area contributed by atoms with Gasteiger partial charge in [0, 0.05) is 31.7 Å². The molecule has 0 saturated carbocycles. The van der Waals surface area contributed by atoms with E-state index in [-0.39, 0.29) is 5.54 Å². The van der Waals surface area contributed by atoms with Crippen LogP contribution < -0.4 is 5.73 Å². The molecule has 1 fully saturated rings. The van der Waals surface area contributed by atoms with Crippen LogP contribution in [0.15, 0.2) is 0 Å². The maximum Gasteiger partial charge on any atom is 0.104 e. The lowest BCUT2D eigenvalue weighted by Crippen LogP contribution is -2.53. The van der Waals surface area contributed by atoms with Gasteiger partial charge in [-0.05, 0) is 46.6 Å². The molecular weight excluding hydrogens is 236 g/mol. The van der Waals surface area contributed by atoms with Gasteiger partial charge in [-0.3, -0.25) is 4.90 Å². The molecule has 1 rings (SSSR count). The highest BCUT2D eigenvalue weighted by molar-refractivity contribution is 5.03. The molecular formula is C15H30N4. The van der Waals surface area contributed by atoms with E-state index in [1.165, 1.54) is 0 Å². The highest BCUT2D eigenvalue weighted by Gasteiger charge is 2.26. The van der Waals surface area contributed by atoms with Crippen molar-refractivity contribution in [3.63, 3.8) is 0 Å². The van der Waals surface area contributed by atoms with Gasteiger partial charge in [-0.25, -0.2) is 0 Å². The van der Waals surface area contributed by atoms with Crippen molar-refractivity contribution < 1.29 is 0 Å². The van der Waals surface area contributed by atoms with Gasteiger partial charge < -0.3 is 10.6 Å². The normalized spacial score (nSPS) is 21.9. The number of rotatable bonds is 5. The molecule has 1 aliphatic rings. The minimum atomic E-state index is -0.618. The third kappa shape index (κ3) is 5.10. The monoisotopic (exact) mass is 266 g/mol. The predicted octanol–water partition coefficient (Wildman–Crippen LogP) is 1.81. The molecule has 1 aliphatic heterocycles. The molecule has 1 heterocycles. The fourth-order valence-electron chi connectivity index (χ4n) is 2.57. The standard InChI is InChI=1S/C15H30N4/c1-5-15(17,13-16)7-6-8-18-9-11-19(12-10-18)14(2,3)4/h5-12,17H2,1-4H3. The zero-order valence-corrected chi connectivity index (χ0v) is 13.1. The zero-order chi connectivity index (χ0) is 14.5. The Kier molecular flexibility index (Phi) is 5.79. The molecule has 0 bridgehead atoms. The number of hydrogen-bond acceptors (Lipinski definition) is 4. The van der Waals surface area contributed by atoms with Crippen molar-refractivity contribution in [1.82, 2.24) is 9.80 Å². The van der Waals surface area contributed by atoms with Crippen LogP contribution in [-0.2, 0) is 0 Å². The van der Waals surface area contributed by atoms with E-state index < -0.39 is 5.54 Å². The van der Waals surface area contributed by atoms with Crippen molar-refractivity contribution >= 4 is 0 Å². The van der Waals surface area contributed by atoms with E-state index in [0.717, 1.165) is 52.0 Å². The first-order chi connectivity index (χ1) is 8.80. The second-order valence-electron chi connectivity index (χ2n) is 6.72. The van der Waals surface area contributed by atoms with Gasteiger partial charge in [-0.1, -0.05) is 6.92 Å². The van der Waals surface area contributed by atoms with Crippen LogP contribution in [0.2, 0.25) is 0 Å². The lowest BCUT2D eigenvalue weighted by atomic mass is 9.93. The Morgan fingerprint density at radius 2 is 1.74 bits per heavy atom. The summed E-state index contributed by atoms with van der Waals surface area (Å²) in [6, 6.07) is 2.24. The number of piperazine rings is 1. The van der Waals surface area contributed by atoms with Gasteiger partial charge in [0.25, 0.3) is 0 Å². The van der Waals surface area contributed by atoms with Crippen LogP contribution >= 0.6 is 0 Å². The summed E-state index contributed by atoms with van der Waals surface area (Å²) in [6.07, 6.45) is 2.56. The average Bonchev–Trinajstić information content (AvgIpc) is 2.38. The van der Waals surface area contributed by atoms with Crippen LogP contribution in [0.5, 0.6) is 0 Å². The smallest absolute Gasteiger partial charge is 0.104 e. The summed E-state index contributed by atoms with van der Waals surface area (Å²) < 4.78 is 0. The SMILES string of the molecule is CCC(N)(C#N)CCCN1CCN(C(C)(C)C)CC1. The predicted molar refractivity (Wildman–Crippen MR) is 79.8 cm³/mol. The second-order valence-corrected chi connectivity index (χ2v) is 6.72. The maximum atomic E-state index is 9.05. The van der Waals surface area contributed by atoms with Gasteiger partial charge in [-0.15, -0.1) is 0 Å². The Hall–Kier alpha value is -0.630. The molecule has 1 atom stereocenters. The highest BCUT2D eigenvalue weighted by Crippen LogP contribution is 2.17. The van der Waals surface area contributed by atoms with Crippen molar-refractivity contribution in [2.45, 2.75) is 58.0 Å². The van der Waals surface area contributed by atoms with Crippen molar-refractivity contribution in [2.75, 3.05) is 32.7 Å². The van der Waals surface area contributed by atoms with E-state index >= 15 is 0 Å². The second kappa shape index (κ2) is 6.69. The van der Waals surface area contributed by atoms with E-state index in [9.17, 15) is 0 Å². The molecule has 0 radical (unpaired) electrons. The third-order valence-corrected chi connectivity index (χ3v) is 4.27. The Morgan fingerprint density at radius 1 is 1.16 bits per heavy atom. The molecule has 110 valence electrons. The van der Waals surface area contributed by atoms with Crippen LogP contribution in [0.1, 0.15) is 47.0 Å². The molecule has 0 spiro atoms.